The number of allylic oxidation sites excluding steroid dienone is 4. The SMILES string of the molecule is CCCCC1=CC[C]([Zr])=C1.Cl.Cl. The van der Waals surface area contributed by atoms with Gasteiger partial charge in [-0.25, -0.2) is 0 Å². The van der Waals surface area contributed by atoms with E-state index in [1.165, 1.54) is 25.7 Å². The monoisotopic (exact) mass is 283 g/mol. The van der Waals surface area contributed by atoms with Crippen molar-refractivity contribution in [3.05, 3.63) is 21.0 Å². The predicted molar refractivity (Wildman–Crippen MR) is 54.8 cm³/mol. The molecule has 0 unspecified atom stereocenters. The van der Waals surface area contributed by atoms with Gasteiger partial charge in [0.2, 0.25) is 0 Å². The number of unbranched alkanes of at least 4 members (excludes halogenated alkanes) is 1. The molecule has 0 saturated heterocycles. The van der Waals surface area contributed by atoms with E-state index in [0.717, 1.165) is 0 Å². The van der Waals surface area contributed by atoms with Gasteiger partial charge in [0.1, 0.15) is 0 Å². The Balaban J connectivity index is 0. The first-order valence-corrected chi connectivity index (χ1v) is 5.17. The summed E-state index contributed by atoms with van der Waals surface area (Å²) in [5.74, 6) is 0. The Bertz CT molecular complexity index is 173. The Hall–Kier alpha value is 0.943. The van der Waals surface area contributed by atoms with Gasteiger partial charge in [-0.2, -0.15) is 0 Å². The minimum absolute atomic E-state index is 0. The Morgan fingerprint density at radius 2 is 2.08 bits per heavy atom. The molecule has 0 atom stereocenters. The molecule has 0 nitrogen and oxygen atoms in total. The summed E-state index contributed by atoms with van der Waals surface area (Å²) < 4.78 is 1.61. The number of hydrogen-bond donors (Lipinski definition) is 0. The topological polar surface area (TPSA) is 0 Å². The summed E-state index contributed by atoms with van der Waals surface area (Å²) in [6.07, 6.45) is 9.95. The maximum atomic E-state index is 2.37. The van der Waals surface area contributed by atoms with Gasteiger partial charge in [-0.3, -0.25) is 0 Å². The molecule has 1 aliphatic carbocycles. The summed E-state index contributed by atoms with van der Waals surface area (Å²) in [6, 6.07) is 0. The second-order valence-corrected chi connectivity index (χ2v) is 4.33. The van der Waals surface area contributed by atoms with Crippen LogP contribution in [0.2, 0.25) is 0 Å². The minimum Gasteiger partial charge on any atom is -0.147 e. The fourth-order valence-corrected chi connectivity index (χ4v) is 1.84. The van der Waals surface area contributed by atoms with Crippen LogP contribution in [0.15, 0.2) is 21.0 Å². The molecule has 0 saturated carbocycles. The molecule has 0 aliphatic heterocycles. The average molecular weight is 285 g/mol. The molecule has 0 aromatic rings. The molecule has 0 heterocycles. The van der Waals surface area contributed by atoms with Crippen LogP contribution in [0.25, 0.3) is 0 Å². The zero-order valence-corrected chi connectivity index (χ0v) is 11.4. The fraction of sp³-hybridized carbons (Fsp3) is 0.556. The molecule has 12 heavy (non-hydrogen) atoms. The van der Waals surface area contributed by atoms with Gasteiger partial charge in [-0.15, -0.1) is 24.8 Å². The smallest absolute Gasteiger partial charge is 0.147 e. The van der Waals surface area contributed by atoms with E-state index in [9.17, 15) is 0 Å². The molecule has 0 amide bonds. The summed E-state index contributed by atoms with van der Waals surface area (Å²) in [6.45, 7) is 2.25. The van der Waals surface area contributed by atoms with Gasteiger partial charge in [0.05, 0.1) is 0 Å². The molecule has 0 radical (unpaired) electrons. The van der Waals surface area contributed by atoms with E-state index in [2.05, 4.69) is 19.1 Å². The quantitative estimate of drug-likeness (QED) is 0.740. The molecule has 0 N–H and O–H groups in total. The van der Waals surface area contributed by atoms with Crippen molar-refractivity contribution in [3.8, 4) is 0 Å². The van der Waals surface area contributed by atoms with Crippen LogP contribution in [0.1, 0.15) is 32.6 Å². The second-order valence-electron chi connectivity index (χ2n) is 2.76. The van der Waals surface area contributed by atoms with Crippen molar-refractivity contribution in [1.82, 2.24) is 0 Å². The van der Waals surface area contributed by atoms with Crippen LogP contribution in [0.5, 0.6) is 0 Å². The van der Waals surface area contributed by atoms with Crippen molar-refractivity contribution in [1.29, 1.82) is 0 Å². The standard InChI is InChI=1S/C9H13.2ClH.Zr/c1-2-3-6-9-7-4-5-8-9;;;/h7-8H,2-4,6H2,1H3;2*1H;. The first-order chi connectivity index (χ1) is 4.83. The Labute approximate surface area is 103 Å². The predicted octanol–water partition coefficient (Wildman–Crippen LogP) is 3.78. The molecule has 0 bridgehead atoms. The summed E-state index contributed by atoms with van der Waals surface area (Å²) in [5, 5.41) is 0. The Morgan fingerprint density at radius 1 is 1.42 bits per heavy atom. The average Bonchev–Trinajstić information content (AvgIpc) is 2.31. The van der Waals surface area contributed by atoms with Gasteiger partial charge in [-0.05, 0) is 0 Å². The molecular weight excluding hydrogens is 270 g/mol. The van der Waals surface area contributed by atoms with Crippen LogP contribution in [0.4, 0.5) is 0 Å². The van der Waals surface area contributed by atoms with Crippen LogP contribution in [-0.2, 0) is 24.7 Å². The maximum Gasteiger partial charge on any atom is -0.147 e. The molecule has 0 aromatic carbocycles. The van der Waals surface area contributed by atoms with Gasteiger partial charge < -0.3 is 0 Å². The van der Waals surface area contributed by atoms with Crippen molar-refractivity contribution < 1.29 is 24.7 Å². The molecule has 69 valence electrons. The zero-order valence-electron chi connectivity index (χ0n) is 7.30. The first-order valence-electron chi connectivity index (χ1n) is 3.94. The van der Waals surface area contributed by atoms with Crippen molar-refractivity contribution in [2.75, 3.05) is 0 Å². The summed E-state index contributed by atoms with van der Waals surface area (Å²) in [4.78, 5) is 0. The van der Waals surface area contributed by atoms with E-state index in [0.29, 0.717) is 0 Å². The van der Waals surface area contributed by atoms with Crippen molar-refractivity contribution >= 4 is 24.8 Å². The number of rotatable bonds is 3. The number of halogens is 2. The molecule has 0 aromatic heterocycles. The molecule has 1 aliphatic rings. The van der Waals surface area contributed by atoms with E-state index in [1.54, 1.807) is 33.6 Å². The van der Waals surface area contributed by atoms with E-state index >= 15 is 0 Å². The van der Waals surface area contributed by atoms with E-state index < -0.39 is 0 Å². The van der Waals surface area contributed by atoms with Crippen LogP contribution >= 0.6 is 24.8 Å². The van der Waals surface area contributed by atoms with Crippen LogP contribution in [0, 0.1) is 0 Å². The summed E-state index contributed by atoms with van der Waals surface area (Å²) in [7, 11) is 0. The third-order valence-electron chi connectivity index (χ3n) is 1.76. The molecule has 1 rings (SSSR count). The van der Waals surface area contributed by atoms with Crippen molar-refractivity contribution in [3.63, 3.8) is 0 Å². The molecule has 0 spiro atoms. The largest absolute Gasteiger partial charge is 0.147 e. The van der Waals surface area contributed by atoms with Crippen LogP contribution in [0.3, 0.4) is 0 Å². The van der Waals surface area contributed by atoms with Gasteiger partial charge in [0.15, 0.2) is 0 Å². The van der Waals surface area contributed by atoms with E-state index in [-0.39, 0.29) is 24.8 Å². The van der Waals surface area contributed by atoms with Crippen LogP contribution in [-0.4, -0.2) is 0 Å². The van der Waals surface area contributed by atoms with E-state index in [4.69, 9.17) is 0 Å². The fourth-order valence-electron chi connectivity index (χ4n) is 1.14. The Morgan fingerprint density at radius 3 is 2.50 bits per heavy atom. The van der Waals surface area contributed by atoms with Gasteiger partial charge in [0.25, 0.3) is 0 Å². The minimum atomic E-state index is 0. The second kappa shape index (κ2) is 8.54. The third kappa shape index (κ3) is 5.57. The van der Waals surface area contributed by atoms with Gasteiger partial charge in [-0.1, -0.05) is 0 Å². The summed E-state index contributed by atoms with van der Waals surface area (Å²) in [5.41, 5.74) is 1.58. The molecule has 3 heteroatoms. The van der Waals surface area contributed by atoms with Gasteiger partial charge >= 0.3 is 78.3 Å². The number of hydrogen-bond acceptors (Lipinski definition) is 0. The normalized spacial score (nSPS) is 14.0. The third-order valence-corrected chi connectivity index (χ3v) is 2.62. The maximum absolute atomic E-state index is 2.37. The molecular formula is C9H15Cl2Zr. The summed E-state index contributed by atoms with van der Waals surface area (Å²) >= 11 is 1.59. The Kier molecular flexibility index (Phi) is 11.0. The first kappa shape index (κ1) is 15.4. The van der Waals surface area contributed by atoms with E-state index in [1.807, 2.05) is 0 Å². The molecule has 0 fully saturated rings. The van der Waals surface area contributed by atoms with Crippen molar-refractivity contribution in [2.24, 2.45) is 0 Å². The zero-order chi connectivity index (χ0) is 7.40. The van der Waals surface area contributed by atoms with Crippen molar-refractivity contribution in [2.45, 2.75) is 32.6 Å². The van der Waals surface area contributed by atoms with Gasteiger partial charge in [0, 0.05) is 0 Å². The van der Waals surface area contributed by atoms with Crippen LogP contribution < -0.4 is 0 Å².